The average molecular weight is 1530 g/mol. The number of pyridine rings is 6. The maximum Gasteiger partial charge on any atom is 0.472 e. The van der Waals surface area contributed by atoms with Gasteiger partial charge in [0.05, 0.1) is 169 Å². The Bertz CT molecular complexity index is 4150. The first-order valence-corrected chi connectivity index (χ1v) is 30.9. The van der Waals surface area contributed by atoms with Crippen LogP contribution in [0.4, 0.5) is 0 Å². The molecule has 0 bridgehead atoms. The molecule has 12 heterocycles. The van der Waals surface area contributed by atoms with Crippen LogP contribution in [0.2, 0.25) is 0 Å². The van der Waals surface area contributed by atoms with Gasteiger partial charge in [-0.3, -0.25) is 29.0 Å². The van der Waals surface area contributed by atoms with Gasteiger partial charge in [0.2, 0.25) is 33.9 Å². The second-order valence-corrected chi connectivity index (χ2v) is 23.8. The summed E-state index contributed by atoms with van der Waals surface area (Å²) in [6.07, 6.45) is 10.1. The largest absolute Gasteiger partial charge is 1.00 e. The summed E-state index contributed by atoms with van der Waals surface area (Å²) < 4.78 is 11.1. The molecule has 12 aromatic rings. The fourth-order valence-electron chi connectivity index (χ4n) is 8.68. The van der Waals surface area contributed by atoms with Gasteiger partial charge in [0.15, 0.2) is 0 Å². The molecule has 588 valence electrons. The molecule has 12 rings (SSSR count). The molecule has 0 saturated heterocycles. The summed E-state index contributed by atoms with van der Waals surface area (Å²) in [7, 11) is 45.4. The zero-order valence-electron chi connectivity index (χ0n) is 64.2. The minimum atomic E-state index is 0. The van der Waals surface area contributed by atoms with Crippen LogP contribution in [-0.4, -0.2) is 383 Å². The molecule has 0 aromatic carbocycles. The van der Waals surface area contributed by atoms with Crippen LogP contribution in [0.3, 0.4) is 0 Å². The maximum absolute atomic E-state index is 5.64. The number of fused-ring (bicyclic) bond motifs is 6. The molecule has 0 amide bonds. The SMILES string of the molecule is CN(C)C(On1nnc2cccnc21)=[N+](C)C.CN(C)C(On1nnc2cccnc21)=[N+](C)C.CN(C)C(On1nnc2cccnc21)=[N+](C)C.CN(C)C(On1nnc2cccnc21)=[N+](C)C.CN(C)C(On1nnc2cccnc21)=[N+](C)C.CN(C)C(On1nnc2cccnc21)=[N+](C)C.[F-].[F-].[F-].[F-].[F-].[F-]. The van der Waals surface area contributed by atoms with Crippen LogP contribution in [0.25, 0.3) is 67.0 Å². The molecule has 0 fully saturated rings. The van der Waals surface area contributed by atoms with Gasteiger partial charge in [0, 0.05) is 37.2 Å². The van der Waals surface area contributed by atoms with E-state index in [0.29, 0.717) is 103 Å². The average Bonchev–Trinajstić information content (AvgIpc) is 1.72. The van der Waals surface area contributed by atoms with E-state index >= 15 is 0 Å². The van der Waals surface area contributed by atoms with Crippen molar-refractivity contribution in [1.29, 1.82) is 0 Å². The number of hydrogen-bond donors (Lipinski definition) is 0. The monoisotopic (exact) mass is 1520 g/mol. The van der Waals surface area contributed by atoms with Crippen LogP contribution in [0, 0.1) is 0 Å². The first-order valence-electron chi connectivity index (χ1n) is 30.9. The molecule has 0 unspecified atom stereocenters. The van der Waals surface area contributed by atoms with Gasteiger partial charge in [-0.25, -0.2) is 86.8 Å². The zero-order chi connectivity index (χ0) is 74.5. The number of amidine groups is 6. The second-order valence-electron chi connectivity index (χ2n) is 23.8. The minimum Gasteiger partial charge on any atom is -1.00 e. The lowest BCUT2D eigenvalue weighted by Crippen LogP contribution is -3.00. The van der Waals surface area contributed by atoms with E-state index in [2.05, 4.69) is 91.8 Å². The smallest absolute Gasteiger partial charge is 0.472 e. The third-order valence-corrected chi connectivity index (χ3v) is 12.7. The quantitative estimate of drug-likeness (QED) is 0.0646. The van der Waals surface area contributed by atoms with Crippen LogP contribution in [0.1, 0.15) is 0 Å². The minimum absolute atomic E-state index is 0. The van der Waals surface area contributed by atoms with Gasteiger partial charge in [0.25, 0.3) is 0 Å². The fourth-order valence-corrected chi connectivity index (χ4v) is 8.68. The van der Waals surface area contributed by atoms with E-state index < -0.39 is 0 Å². The maximum atomic E-state index is 5.64. The van der Waals surface area contributed by atoms with E-state index in [1.54, 1.807) is 37.2 Å². The Balaban J connectivity index is 0.000000641. The van der Waals surface area contributed by atoms with Crippen molar-refractivity contribution in [2.24, 2.45) is 0 Å². The molecule has 0 aliphatic rings. The Morgan fingerprint density at radius 1 is 0.231 bits per heavy atom. The number of halogens is 6. The molecule has 0 atom stereocenters. The van der Waals surface area contributed by atoms with Gasteiger partial charge in [-0.15, -0.1) is 30.6 Å². The molecule has 0 N–H and O–H groups in total. The van der Waals surface area contributed by atoms with Crippen LogP contribution < -0.4 is 57.3 Å². The summed E-state index contributed by atoms with van der Waals surface area (Å²) in [6, 6.07) is 25.7. The van der Waals surface area contributed by atoms with Crippen LogP contribution in [-0.2, 0) is 0 Å². The molecule has 0 radical (unpaired) electrons. The molecular formula is C60H90F6N36O6. The van der Waals surface area contributed by atoms with Crippen molar-refractivity contribution in [2.75, 3.05) is 169 Å². The van der Waals surface area contributed by atoms with Crippen molar-refractivity contribution in [1.82, 2.24) is 150 Å². The number of nitrogens with zero attached hydrogens (tertiary/aromatic N) is 36. The van der Waals surface area contributed by atoms with E-state index in [9.17, 15) is 0 Å². The topological polar surface area (TPSA) is 354 Å². The fraction of sp³-hybridized carbons (Fsp3) is 0.400. The van der Waals surface area contributed by atoms with E-state index in [-0.39, 0.29) is 28.2 Å². The summed E-state index contributed by atoms with van der Waals surface area (Å²) in [5.41, 5.74) is 7.74. The molecule has 12 aromatic heterocycles. The van der Waals surface area contributed by atoms with E-state index in [1.165, 1.54) is 29.1 Å². The van der Waals surface area contributed by atoms with Gasteiger partial charge in [-0.2, -0.15) is 0 Å². The Hall–Kier alpha value is -13.5. The highest BCUT2D eigenvalue weighted by Crippen LogP contribution is 2.10. The lowest BCUT2D eigenvalue weighted by Gasteiger charge is -2.09. The third-order valence-electron chi connectivity index (χ3n) is 12.7. The standard InChI is InChI=1S/6C10H15N6O.6FH/c6*1-14(2)10(15(3)4)17-16-9-8(12-13-16)6-5-7-11-9;;;;;;/h6*5-7H,1-4H3;6*1H/q6*+1;;;;;;/p-6. The van der Waals surface area contributed by atoms with Crippen LogP contribution >= 0.6 is 0 Å². The molecule has 0 saturated carbocycles. The molecule has 108 heavy (non-hydrogen) atoms. The molecular weight excluding hydrogens is 1430 g/mol. The van der Waals surface area contributed by atoms with Gasteiger partial charge < -0.3 is 28.2 Å². The summed E-state index contributed by atoms with van der Waals surface area (Å²) in [4.78, 5) is 77.8. The summed E-state index contributed by atoms with van der Waals surface area (Å²) in [5, 5.41) is 47.2. The van der Waals surface area contributed by atoms with Gasteiger partial charge in [0.1, 0.15) is 33.1 Å². The highest BCUT2D eigenvalue weighted by atomic mass is 19.0. The number of hydrogen-bond acceptors (Lipinski definition) is 24. The van der Waals surface area contributed by atoms with Crippen molar-refractivity contribution in [3.63, 3.8) is 0 Å². The Morgan fingerprint density at radius 2 is 0.352 bits per heavy atom. The summed E-state index contributed by atoms with van der Waals surface area (Å²) in [6.45, 7) is 0. The Kier molecular flexibility index (Phi) is 36.8. The molecule has 0 aliphatic carbocycles. The molecule has 0 aliphatic heterocycles. The summed E-state index contributed by atoms with van der Waals surface area (Å²) in [5.74, 6) is 0. The van der Waals surface area contributed by atoms with Crippen LogP contribution in [0.15, 0.2) is 110 Å². The lowest BCUT2D eigenvalue weighted by atomic mass is 10.4. The first-order chi connectivity index (χ1) is 48.6. The Morgan fingerprint density at radius 3 is 0.454 bits per heavy atom. The van der Waals surface area contributed by atoms with Crippen molar-refractivity contribution in [3.8, 4) is 0 Å². The van der Waals surface area contributed by atoms with Gasteiger partial charge in [-0.1, -0.05) is 0 Å². The van der Waals surface area contributed by atoms with E-state index in [4.69, 9.17) is 29.0 Å². The molecule has 42 nitrogen and oxygen atoms in total. The van der Waals surface area contributed by atoms with E-state index in [0.717, 1.165) is 0 Å². The normalized spacial score (nSPS) is 9.78. The number of aromatic nitrogens is 24. The zero-order valence-corrected chi connectivity index (χ0v) is 64.2. The van der Waals surface area contributed by atoms with Crippen molar-refractivity contribution in [3.05, 3.63) is 110 Å². The highest BCUT2D eigenvalue weighted by Gasteiger charge is 2.24. The first kappa shape index (κ1) is 92.5. The van der Waals surface area contributed by atoms with Gasteiger partial charge >= 0.3 is 36.1 Å². The van der Waals surface area contributed by atoms with Crippen molar-refractivity contribution in [2.45, 2.75) is 0 Å². The highest BCUT2D eigenvalue weighted by molar-refractivity contribution is 5.76. The lowest BCUT2D eigenvalue weighted by molar-refractivity contribution is -0.480. The van der Waals surface area contributed by atoms with E-state index in [1.807, 2.05) is 299 Å². The second kappa shape index (κ2) is 42.9. The van der Waals surface area contributed by atoms with Crippen molar-refractivity contribution < 1.29 is 84.7 Å². The van der Waals surface area contributed by atoms with Gasteiger partial charge in [-0.05, 0) is 133 Å². The Labute approximate surface area is 615 Å². The molecule has 48 heteroatoms. The van der Waals surface area contributed by atoms with Crippen molar-refractivity contribution >= 4 is 103 Å². The predicted molar refractivity (Wildman–Crippen MR) is 376 cm³/mol. The summed E-state index contributed by atoms with van der Waals surface area (Å²) >= 11 is 0. The van der Waals surface area contributed by atoms with Crippen LogP contribution in [0.5, 0.6) is 0 Å². The predicted octanol–water partition coefficient (Wildman–Crippen LogP) is -21.3. The third kappa shape index (κ3) is 24.3. The number of rotatable bonds is 6. The molecule has 0 spiro atoms.